The average molecular weight is 236 g/mol. The van der Waals surface area contributed by atoms with Crippen LogP contribution in [0.3, 0.4) is 0 Å². The van der Waals surface area contributed by atoms with Crippen molar-refractivity contribution in [3.8, 4) is 0 Å². The number of carbonyl (C=O) groups excluding carboxylic acids is 2. The quantitative estimate of drug-likeness (QED) is 0.727. The van der Waals surface area contributed by atoms with Crippen LogP contribution < -0.4 is 0 Å². The van der Waals surface area contributed by atoms with Gasteiger partial charge in [0.1, 0.15) is 5.76 Å². The van der Waals surface area contributed by atoms with Crippen LogP contribution in [0.25, 0.3) is 0 Å². The van der Waals surface area contributed by atoms with Gasteiger partial charge in [0, 0.05) is 33.1 Å². The number of hydrogen-bond acceptors (Lipinski definition) is 3. The van der Waals surface area contributed by atoms with Gasteiger partial charge in [0.2, 0.25) is 5.91 Å². The summed E-state index contributed by atoms with van der Waals surface area (Å²) < 4.78 is 5.12. The summed E-state index contributed by atoms with van der Waals surface area (Å²) in [6, 6.07) is 1.69. The minimum absolute atomic E-state index is 0.0144. The molecular formula is C12H16N2O3. The van der Waals surface area contributed by atoms with Crippen molar-refractivity contribution in [2.24, 2.45) is 0 Å². The van der Waals surface area contributed by atoms with Crippen LogP contribution in [0.5, 0.6) is 0 Å². The zero-order valence-electron chi connectivity index (χ0n) is 10.1. The molecule has 2 amide bonds. The summed E-state index contributed by atoms with van der Waals surface area (Å²) in [5.41, 5.74) is 0.612. The van der Waals surface area contributed by atoms with Gasteiger partial charge in [-0.2, -0.15) is 0 Å². The third-order valence-electron chi connectivity index (χ3n) is 3.10. The fourth-order valence-corrected chi connectivity index (χ4v) is 2.00. The van der Waals surface area contributed by atoms with E-state index < -0.39 is 0 Å². The first-order valence-electron chi connectivity index (χ1n) is 5.68. The molecule has 0 bridgehead atoms. The number of amides is 2. The highest BCUT2D eigenvalue weighted by Gasteiger charge is 2.24. The maximum atomic E-state index is 12.1. The summed E-state index contributed by atoms with van der Waals surface area (Å²) >= 11 is 0. The number of piperazine rings is 1. The summed E-state index contributed by atoms with van der Waals surface area (Å²) in [6.07, 6.45) is 1.52. The Labute approximate surface area is 100.0 Å². The molecule has 0 N–H and O–H groups in total. The Bertz CT molecular complexity index is 431. The molecule has 1 aromatic heterocycles. The van der Waals surface area contributed by atoms with E-state index >= 15 is 0 Å². The van der Waals surface area contributed by atoms with Crippen molar-refractivity contribution in [3.05, 3.63) is 23.7 Å². The van der Waals surface area contributed by atoms with E-state index in [1.807, 2.05) is 0 Å². The van der Waals surface area contributed by atoms with Crippen molar-refractivity contribution in [2.75, 3.05) is 26.2 Å². The highest BCUT2D eigenvalue weighted by Crippen LogP contribution is 2.13. The van der Waals surface area contributed by atoms with E-state index in [0.717, 1.165) is 0 Å². The van der Waals surface area contributed by atoms with Gasteiger partial charge in [-0.05, 0) is 13.0 Å². The first-order chi connectivity index (χ1) is 8.09. The van der Waals surface area contributed by atoms with Crippen molar-refractivity contribution in [3.63, 3.8) is 0 Å². The van der Waals surface area contributed by atoms with Gasteiger partial charge in [-0.3, -0.25) is 9.59 Å². The van der Waals surface area contributed by atoms with Gasteiger partial charge in [0.15, 0.2) is 0 Å². The molecule has 0 atom stereocenters. The van der Waals surface area contributed by atoms with Crippen LogP contribution in [0, 0.1) is 6.92 Å². The molecule has 0 unspecified atom stereocenters. The molecule has 1 aromatic rings. The van der Waals surface area contributed by atoms with Crippen LogP contribution in [0.4, 0.5) is 0 Å². The monoisotopic (exact) mass is 236 g/mol. The Kier molecular flexibility index (Phi) is 3.17. The van der Waals surface area contributed by atoms with E-state index in [-0.39, 0.29) is 11.8 Å². The molecule has 0 radical (unpaired) electrons. The van der Waals surface area contributed by atoms with E-state index in [1.165, 1.54) is 6.26 Å². The smallest absolute Gasteiger partial charge is 0.257 e. The normalized spacial score (nSPS) is 16.1. The van der Waals surface area contributed by atoms with Crippen molar-refractivity contribution in [2.45, 2.75) is 13.8 Å². The fourth-order valence-electron chi connectivity index (χ4n) is 2.00. The first kappa shape index (κ1) is 11.7. The molecule has 2 rings (SSSR count). The molecule has 5 nitrogen and oxygen atoms in total. The molecule has 0 aromatic carbocycles. The number of furan rings is 1. The number of hydrogen-bond donors (Lipinski definition) is 0. The SMILES string of the molecule is CC(=O)N1CCN(C(=O)c2ccoc2C)CC1. The van der Waals surface area contributed by atoms with Gasteiger partial charge < -0.3 is 14.2 Å². The molecule has 92 valence electrons. The van der Waals surface area contributed by atoms with Gasteiger partial charge >= 0.3 is 0 Å². The van der Waals surface area contributed by atoms with Crippen LogP contribution >= 0.6 is 0 Å². The lowest BCUT2D eigenvalue weighted by Crippen LogP contribution is -2.50. The van der Waals surface area contributed by atoms with Crippen molar-refractivity contribution in [1.82, 2.24) is 9.80 Å². The zero-order chi connectivity index (χ0) is 12.4. The standard InChI is InChI=1S/C12H16N2O3/c1-9-11(3-8-17-9)12(16)14-6-4-13(5-7-14)10(2)15/h3,8H,4-7H2,1-2H3. The Morgan fingerprint density at radius 3 is 2.24 bits per heavy atom. The second-order valence-corrected chi connectivity index (χ2v) is 4.19. The summed E-state index contributed by atoms with van der Waals surface area (Å²) in [6.45, 7) is 5.72. The Morgan fingerprint density at radius 2 is 1.76 bits per heavy atom. The number of nitrogens with zero attached hydrogens (tertiary/aromatic N) is 2. The number of aryl methyl sites for hydroxylation is 1. The first-order valence-corrected chi connectivity index (χ1v) is 5.68. The lowest BCUT2D eigenvalue weighted by molar-refractivity contribution is -0.130. The Hall–Kier alpha value is -1.78. The highest BCUT2D eigenvalue weighted by molar-refractivity contribution is 5.95. The molecule has 1 aliphatic rings. The van der Waals surface area contributed by atoms with Crippen molar-refractivity contribution in [1.29, 1.82) is 0 Å². The summed E-state index contributed by atoms with van der Waals surface area (Å²) in [5.74, 6) is 0.694. The highest BCUT2D eigenvalue weighted by atomic mass is 16.3. The third-order valence-corrected chi connectivity index (χ3v) is 3.10. The van der Waals surface area contributed by atoms with E-state index in [9.17, 15) is 9.59 Å². The molecule has 0 aliphatic carbocycles. The molecule has 1 aliphatic heterocycles. The topological polar surface area (TPSA) is 53.8 Å². The predicted molar refractivity (Wildman–Crippen MR) is 61.6 cm³/mol. The molecule has 1 saturated heterocycles. The number of rotatable bonds is 1. The lowest BCUT2D eigenvalue weighted by atomic mass is 10.2. The lowest BCUT2D eigenvalue weighted by Gasteiger charge is -2.34. The van der Waals surface area contributed by atoms with Crippen LogP contribution in [0.2, 0.25) is 0 Å². The van der Waals surface area contributed by atoms with Crippen LogP contribution in [0.1, 0.15) is 23.0 Å². The van der Waals surface area contributed by atoms with Crippen molar-refractivity contribution < 1.29 is 14.0 Å². The molecule has 1 fully saturated rings. The van der Waals surface area contributed by atoms with Gasteiger partial charge in [0.25, 0.3) is 5.91 Å². The number of carbonyl (C=O) groups is 2. The Morgan fingerprint density at radius 1 is 1.18 bits per heavy atom. The van der Waals surface area contributed by atoms with Gasteiger partial charge in [-0.1, -0.05) is 0 Å². The van der Waals surface area contributed by atoms with Crippen LogP contribution in [-0.2, 0) is 4.79 Å². The van der Waals surface area contributed by atoms with E-state index in [0.29, 0.717) is 37.5 Å². The van der Waals surface area contributed by atoms with E-state index in [4.69, 9.17) is 4.42 Å². The van der Waals surface area contributed by atoms with Crippen LogP contribution in [-0.4, -0.2) is 47.8 Å². The summed E-state index contributed by atoms with van der Waals surface area (Å²) in [5, 5.41) is 0. The fraction of sp³-hybridized carbons (Fsp3) is 0.500. The van der Waals surface area contributed by atoms with Gasteiger partial charge in [-0.25, -0.2) is 0 Å². The third kappa shape index (κ3) is 2.33. The molecule has 2 heterocycles. The minimum atomic E-state index is -0.0144. The van der Waals surface area contributed by atoms with Gasteiger partial charge in [-0.15, -0.1) is 0 Å². The predicted octanol–water partition coefficient (Wildman–Crippen LogP) is 0.892. The Balaban J connectivity index is 2.00. The average Bonchev–Trinajstić information content (AvgIpc) is 2.74. The second-order valence-electron chi connectivity index (χ2n) is 4.19. The van der Waals surface area contributed by atoms with Gasteiger partial charge in [0.05, 0.1) is 11.8 Å². The summed E-state index contributed by atoms with van der Waals surface area (Å²) in [4.78, 5) is 26.8. The molecule has 0 spiro atoms. The molecule has 17 heavy (non-hydrogen) atoms. The van der Waals surface area contributed by atoms with Crippen LogP contribution in [0.15, 0.2) is 16.7 Å². The van der Waals surface area contributed by atoms with E-state index in [1.54, 1.807) is 29.7 Å². The second kappa shape index (κ2) is 4.61. The molecule has 0 saturated carbocycles. The maximum Gasteiger partial charge on any atom is 0.257 e. The minimum Gasteiger partial charge on any atom is -0.469 e. The molecule has 5 heteroatoms. The molecular weight excluding hydrogens is 220 g/mol. The van der Waals surface area contributed by atoms with E-state index in [2.05, 4.69) is 0 Å². The maximum absolute atomic E-state index is 12.1. The summed E-state index contributed by atoms with van der Waals surface area (Å²) in [7, 11) is 0. The van der Waals surface area contributed by atoms with Crippen molar-refractivity contribution >= 4 is 11.8 Å². The largest absolute Gasteiger partial charge is 0.469 e. The zero-order valence-corrected chi connectivity index (χ0v) is 10.1.